The molecule has 1 aliphatic rings. The normalized spacial score (nSPS) is 28.2. The van der Waals surface area contributed by atoms with Crippen molar-refractivity contribution in [3.05, 3.63) is 0 Å². The summed E-state index contributed by atoms with van der Waals surface area (Å²) in [6, 6.07) is 0.213. The molecule has 1 saturated heterocycles. The van der Waals surface area contributed by atoms with Gasteiger partial charge in [-0.1, -0.05) is 0 Å². The monoisotopic (exact) mass is 205 g/mol. The van der Waals surface area contributed by atoms with Gasteiger partial charge in [0.15, 0.2) is 9.84 Å². The van der Waals surface area contributed by atoms with Crippen molar-refractivity contribution >= 4 is 9.84 Å². The lowest BCUT2D eigenvalue weighted by molar-refractivity contribution is 0.129. The van der Waals surface area contributed by atoms with Gasteiger partial charge in [-0.2, -0.15) is 0 Å². The molecule has 4 heteroatoms. The van der Waals surface area contributed by atoms with Gasteiger partial charge in [-0.25, -0.2) is 8.42 Å². The van der Waals surface area contributed by atoms with Crippen LogP contribution in [0.2, 0.25) is 0 Å². The maximum absolute atomic E-state index is 11.2. The Morgan fingerprint density at radius 1 is 1.31 bits per heavy atom. The van der Waals surface area contributed by atoms with Gasteiger partial charge in [-0.15, -0.1) is 0 Å². The summed E-state index contributed by atoms with van der Waals surface area (Å²) in [5.74, 6) is 0.693. The largest absolute Gasteiger partial charge is 0.298 e. The van der Waals surface area contributed by atoms with Gasteiger partial charge in [0.2, 0.25) is 0 Å². The Labute approximate surface area is 81.0 Å². The molecule has 0 bridgehead atoms. The molecule has 13 heavy (non-hydrogen) atoms. The molecule has 1 atom stereocenters. The van der Waals surface area contributed by atoms with E-state index in [1.54, 1.807) is 0 Å². The van der Waals surface area contributed by atoms with Crippen molar-refractivity contribution < 1.29 is 8.42 Å². The molecule has 0 aromatic rings. The maximum atomic E-state index is 11.2. The summed E-state index contributed by atoms with van der Waals surface area (Å²) >= 11 is 0. The molecule has 0 N–H and O–H groups in total. The van der Waals surface area contributed by atoms with E-state index < -0.39 is 9.84 Å². The first-order valence-corrected chi connectivity index (χ1v) is 6.48. The topological polar surface area (TPSA) is 37.4 Å². The van der Waals surface area contributed by atoms with Crippen LogP contribution in [-0.2, 0) is 9.84 Å². The molecule has 1 fully saturated rings. The highest BCUT2D eigenvalue weighted by atomic mass is 32.2. The third-order valence-corrected chi connectivity index (χ3v) is 4.56. The Morgan fingerprint density at radius 2 is 1.85 bits per heavy atom. The van der Waals surface area contributed by atoms with Crippen LogP contribution in [0.15, 0.2) is 0 Å². The Kier molecular flexibility index (Phi) is 2.74. The summed E-state index contributed by atoms with van der Waals surface area (Å²) in [5, 5.41) is 0. The first-order chi connectivity index (χ1) is 5.72. The van der Waals surface area contributed by atoms with E-state index in [4.69, 9.17) is 0 Å². The van der Waals surface area contributed by atoms with Gasteiger partial charge in [-0.3, -0.25) is 4.90 Å². The van der Waals surface area contributed by atoms with Gasteiger partial charge in [-0.05, 0) is 34.2 Å². The molecule has 1 heterocycles. The molecule has 0 aliphatic carbocycles. The van der Waals surface area contributed by atoms with Crippen LogP contribution in [0, 0.1) is 0 Å². The van der Waals surface area contributed by atoms with E-state index >= 15 is 0 Å². The number of hydrogen-bond donors (Lipinski definition) is 0. The second kappa shape index (κ2) is 3.24. The molecule has 1 aliphatic heterocycles. The highest BCUT2D eigenvalue weighted by Gasteiger charge is 2.34. The molecule has 0 radical (unpaired) electrons. The number of sulfone groups is 1. The van der Waals surface area contributed by atoms with Gasteiger partial charge in [0.1, 0.15) is 0 Å². The summed E-state index contributed by atoms with van der Waals surface area (Å²) in [6.45, 7) is 6.33. The smallest absolute Gasteiger partial charge is 0.151 e. The van der Waals surface area contributed by atoms with Crippen molar-refractivity contribution in [2.45, 2.75) is 38.8 Å². The molecular weight excluding hydrogens is 186 g/mol. The summed E-state index contributed by atoms with van der Waals surface area (Å²) in [7, 11) is -0.737. The van der Waals surface area contributed by atoms with Crippen LogP contribution >= 0.6 is 0 Å². The van der Waals surface area contributed by atoms with Gasteiger partial charge in [0.05, 0.1) is 11.5 Å². The fourth-order valence-corrected chi connectivity index (χ4v) is 3.40. The third-order valence-electron chi connectivity index (χ3n) is 2.81. The third kappa shape index (κ3) is 2.68. The lowest BCUT2D eigenvalue weighted by atomic mass is 10.0. The Balaban J connectivity index is 2.67. The summed E-state index contributed by atoms with van der Waals surface area (Å²) in [4.78, 5) is 2.16. The predicted octanol–water partition coefficient (Wildman–Crippen LogP) is 0.904. The fourth-order valence-electron chi connectivity index (χ4n) is 1.63. The van der Waals surface area contributed by atoms with E-state index in [9.17, 15) is 8.42 Å². The highest BCUT2D eigenvalue weighted by molar-refractivity contribution is 7.91. The number of hydrogen-bond acceptors (Lipinski definition) is 3. The Morgan fingerprint density at radius 3 is 2.15 bits per heavy atom. The second-order valence-corrected chi connectivity index (χ2v) is 7.07. The SMILES string of the molecule is CN([C@@H]1CCS(=O)(=O)C1)C(C)(C)C. The van der Waals surface area contributed by atoms with Crippen molar-refractivity contribution in [1.82, 2.24) is 4.90 Å². The standard InChI is InChI=1S/C9H19NO2S/c1-9(2,3)10(4)8-5-6-13(11,12)7-8/h8H,5-7H2,1-4H3/t8-/m1/s1. The maximum Gasteiger partial charge on any atom is 0.151 e. The van der Waals surface area contributed by atoms with Gasteiger partial charge >= 0.3 is 0 Å². The Hall–Kier alpha value is -0.0900. The first-order valence-electron chi connectivity index (χ1n) is 4.66. The van der Waals surface area contributed by atoms with Gasteiger partial charge < -0.3 is 0 Å². The minimum atomic E-state index is -2.74. The Bertz CT molecular complexity index is 276. The predicted molar refractivity (Wildman–Crippen MR) is 54.6 cm³/mol. The van der Waals surface area contributed by atoms with Gasteiger partial charge in [0.25, 0.3) is 0 Å². The molecule has 0 unspecified atom stereocenters. The first kappa shape index (κ1) is 11.0. The van der Waals surface area contributed by atoms with Crippen LogP contribution in [0.5, 0.6) is 0 Å². The van der Waals surface area contributed by atoms with Crippen molar-refractivity contribution in [2.75, 3.05) is 18.6 Å². The molecule has 3 nitrogen and oxygen atoms in total. The molecule has 78 valence electrons. The second-order valence-electron chi connectivity index (χ2n) is 4.84. The summed E-state index contributed by atoms with van der Waals surface area (Å²) in [5.41, 5.74) is 0.0600. The van der Waals surface area contributed by atoms with Gasteiger partial charge in [0, 0.05) is 11.6 Å². The van der Waals surface area contributed by atoms with Crippen LogP contribution < -0.4 is 0 Å². The molecule has 0 saturated carbocycles. The van der Waals surface area contributed by atoms with Crippen molar-refractivity contribution in [2.24, 2.45) is 0 Å². The minimum Gasteiger partial charge on any atom is -0.298 e. The number of nitrogens with zero attached hydrogens (tertiary/aromatic N) is 1. The van der Waals surface area contributed by atoms with E-state index in [1.165, 1.54) is 0 Å². The molecule has 0 aromatic heterocycles. The zero-order chi connectivity index (χ0) is 10.3. The van der Waals surface area contributed by atoms with E-state index in [0.29, 0.717) is 11.5 Å². The zero-order valence-corrected chi connectivity index (χ0v) is 9.69. The number of rotatable bonds is 1. The van der Waals surface area contributed by atoms with Crippen molar-refractivity contribution in [1.29, 1.82) is 0 Å². The molecule has 0 spiro atoms. The summed E-state index contributed by atoms with van der Waals surface area (Å²) < 4.78 is 22.5. The fraction of sp³-hybridized carbons (Fsp3) is 1.00. The van der Waals surface area contributed by atoms with Crippen LogP contribution in [0.3, 0.4) is 0 Å². The average Bonchev–Trinajstić information content (AvgIpc) is 2.26. The lowest BCUT2D eigenvalue weighted by Gasteiger charge is -2.36. The lowest BCUT2D eigenvalue weighted by Crippen LogP contribution is -2.45. The van der Waals surface area contributed by atoms with E-state index in [1.807, 2.05) is 7.05 Å². The molecule has 0 amide bonds. The quantitative estimate of drug-likeness (QED) is 0.638. The zero-order valence-electron chi connectivity index (χ0n) is 8.87. The van der Waals surface area contributed by atoms with E-state index in [0.717, 1.165) is 6.42 Å². The minimum absolute atomic E-state index is 0.0600. The van der Waals surface area contributed by atoms with Crippen LogP contribution in [-0.4, -0.2) is 43.5 Å². The van der Waals surface area contributed by atoms with Crippen LogP contribution in [0.25, 0.3) is 0 Å². The van der Waals surface area contributed by atoms with Crippen molar-refractivity contribution in [3.63, 3.8) is 0 Å². The van der Waals surface area contributed by atoms with Crippen LogP contribution in [0.1, 0.15) is 27.2 Å². The summed E-state index contributed by atoms with van der Waals surface area (Å²) in [6.07, 6.45) is 0.788. The highest BCUT2D eigenvalue weighted by Crippen LogP contribution is 2.22. The molecular formula is C9H19NO2S. The average molecular weight is 205 g/mol. The van der Waals surface area contributed by atoms with Crippen LogP contribution in [0.4, 0.5) is 0 Å². The molecule has 0 aromatic carbocycles. The van der Waals surface area contributed by atoms with E-state index in [-0.39, 0.29) is 11.6 Å². The van der Waals surface area contributed by atoms with Crippen molar-refractivity contribution in [3.8, 4) is 0 Å². The van der Waals surface area contributed by atoms with E-state index in [2.05, 4.69) is 25.7 Å². The molecule has 1 rings (SSSR count).